The molecule has 2 rings (SSSR count). The second kappa shape index (κ2) is 6.60. The van der Waals surface area contributed by atoms with Gasteiger partial charge in [0.05, 0.1) is 7.11 Å². The minimum absolute atomic E-state index is 0.920. The lowest BCUT2D eigenvalue weighted by atomic mass is 10.0. The van der Waals surface area contributed by atoms with Crippen LogP contribution in [0.4, 0.5) is 0 Å². The Morgan fingerprint density at radius 2 is 1.56 bits per heavy atom. The van der Waals surface area contributed by atoms with Gasteiger partial charge in [-0.2, -0.15) is 0 Å². The van der Waals surface area contributed by atoms with Crippen molar-refractivity contribution in [3.8, 4) is 5.75 Å². The van der Waals surface area contributed by atoms with Crippen molar-refractivity contribution < 1.29 is 4.74 Å². The molecule has 0 heterocycles. The average molecular weight is 305 g/mol. The van der Waals surface area contributed by atoms with Crippen molar-refractivity contribution >= 4 is 15.9 Å². The number of ether oxygens (including phenoxy) is 1. The molecule has 0 aliphatic carbocycles. The lowest BCUT2D eigenvalue weighted by molar-refractivity contribution is 0.414. The van der Waals surface area contributed by atoms with Crippen LogP contribution in [0.25, 0.3) is 0 Å². The Labute approximate surface area is 117 Å². The Kier molecular flexibility index (Phi) is 4.82. The molecule has 1 nitrogen and oxygen atoms in total. The molecule has 18 heavy (non-hydrogen) atoms. The Hall–Kier alpha value is -1.28. The molecule has 0 radical (unpaired) electrons. The highest BCUT2D eigenvalue weighted by Crippen LogP contribution is 2.15. The predicted octanol–water partition coefficient (Wildman–Crippen LogP) is 4.38. The first-order valence-corrected chi connectivity index (χ1v) is 7.20. The summed E-state index contributed by atoms with van der Waals surface area (Å²) >= 11 is 3.46. The highest BCUT2D eigenvalue weighted by molar-refractivity contribution is 9.08. The van der Waals surface area contributed by atoms with Crippen molar-refractivity contribution in [2.24, 2.45) is 0 Å². The predicted molar refractivity (Wildman–Crippen MR) is 79.5 cm³/mol. The van der Waals surface area contributed by atoms with E-state index in [9.17, 15) is 0 Å². The molecule has 0 unspecified atom stereocenters. The molecule has 0 aromatic heterocycles. The normalized spacial score (nSPS) is 10.3. The van der Waals surface area contributed by atoms with Gasteiger partial charge in [-0.1, -0.05) is 52.3 Å². The quantitative estimate of drug-likeness (QED) is 0.745. The fourth-order valence-corrected chi connectivity index (χ4v) is 2.29. The van der Waals surface area contributed by atoms with Crippen molar-refractivity contribution in [1.82, 2.24) is 0 Å². The van der Waals surface area contributed by atoms with Gasteiger partial charge >= 0.3 is 0 Å². The SMILES string of the molecule is COc1cccc(CCc2ccc(CBr)cc2)c1. The molecule has 0 spiro atoms. The lowest BCUT2D eigenvalue weighted by Gasteiger charge is -2.05. The van der Waals surface area contributed by atoms with E-state index in [2.05, 4.69) is 52.3 Å². The smallest absolute Gasteiger partial charge is 0.119 e. The summed E-state index contributed by atoms with van der Waals surface area (Å²) in [6.07, 6.45) is 2.11. The van der Waals surface area contributed by atoms with Crippen LogP contribution in [0.1, 0.15) is 16.7 Å². The summed E-state index contributed by atoms with van der Waals surface area (Å²) in [6.45, 7) is 0. The first-order chi connectivity index (χ1) is 8.81. The van der Waals surface area contributed by atoms with Gasteiger partial charge in [0.2, 0.25) is 0 Å². The van der Waals surface area contributed by atoms with Crippen molar-refractivity contribution in [1.29, 1.82) is 0 Å². The first kappa shape index (κ1) is 13.2. The van der Waals surface area contributed by atoms with Crippen LogP contribution < -0.4 is 4.74 Å². The van der Waals surface area contributed by atoms with E-state index in [1.54, 1.807) is 7.11 Å². The first-order valence-electron chi connectivity index (χ1n) is 6.08. The van der Waals surface area contributed by atoms with E-state index >= 15 is 0 Å². The zero-order valence-corrected chi connectivity index (χ0v) is 12.1. The number of aryl methyl sites for hydroxylation is 2. The molecule has 2 aromatic carbocycles. The molecular formula is C16H17BrO. The molecule has 94 valence electrons. The maximum atomic E-state index is 5.23. The molecule has 0 aliphatic rings. The third-order valence-electron chi connectivity index (χ3n) is 3.01. The number of hydrogen-bond acceptors (Lipinski definition) is 1. The topological polar surface area (TPSA) is 9.23 Å². The number of benzene rings is 2. The zero-order valence-electron chi connectivity index (χ0n) is 10.5. The fourth-order valence-electron chi connectivity index (χ4n) is 1.91. The highest BCUT2D eigenvalue weighted by atomic mass is 79.9. The minimum atomic E-state index is 0.920. The number of hydrogen-bond donors (Lipinski definition) is 0. The Morgan fingerprint density at radius 3 is 2.22 bits per heavy atom. The van der Waals surface area contributed by atoms with Gasteiger partial charge in [-0.05, 0) is 41.7 Å². The van der Waals surface area contributed by atoms with Gasteiger partial charge in [-0.3, -0.25) is 0 Å². The van der Waals surface area contributed by atoms with Crippen LogP contribution in [0.3, 0.4) is 0 Å². The average Bonchev–Trinajstić information content (AvgIpc) is 2.46. The summed E-state index contributed by atoms with van der Waals surface area (Å²) in [6, 6.07) is 17.0. The van der Waals surface area contributed by atoms with Crippen molar-refractivity contribution in [2.45, 2.75) is 18.2 Å². The number of rotatable bonds is 5. The van der Waals surface area contributed by atoms with Gasteiger partial charge in [-0.25, -0.2) is 0 Å². The number of alkyl halides is 1. The number of halogens is 1. The molecular weight excluding hydrogens is 288 g/mol. The van der Waals surface area contributed by atoms with Gasteiger partial charge in [0.1, 0.15) is 5.75 Å². The molecule has 2 aromatic rings. The van der Waals surface area contributed by atoms with Crippen LogP contribution in [0.2, 0.25) is 0 Å². The van der Waals surface area contributed by atoms with E-state index in [1.807, 2.05) is 12.1 Å². The van der Waals surface area contributed by atoms with Gasteiger partial charge < -0.3 is 4.74 Å². The van der Waals surface area contributed by atoms with E-state index in [0.29, 0.717) is 0 Å². The summed E-state index contributed by atoms with van der Waals surface area (Å²) in [5.41, 5.74) is 4.02. The summed E-state index contributed by atoms with van der Waals surface area (Å²) in [4.78, 5) is 0. The molecule has 2 heteroatoms. The van der Waals surface area contributed by atoms with Gasteiger partial charge in [0, 0.05) is 5.33 Å². The second-order valence-corrected chi connectivity index (χ2v) is 4.86. The lowest BCUT2D eigenvalue weighted by Crippen LogP contribution is -1.92. The Balaban J connectivity index is 1.97. The van der Waals surface area contributed by atoms with E-state index in [-0.39, 0.29) is 0 Å². The van der Waals surface area contributed by atoms with Crippen LogP contribution >= 0.6 is 15.9 Å². The van der Waals surface area contributed by atoms with E-state index in [4.69, 9.17) is 4.74 Å². The van der Waals surface area contributed by atoms with Crippen molar-refractivity contribution in [2.75, 3.05) is 7.11 Å². The van der Waals surface area contributed by atoms with Gasteiger partial charge in [0.25, 0.3) is 0 Å². The molecule has 0 N–H and O–H groups in total. The van der Waals surface area contributed by atoms with Crippen LogP contribution in [0, 0.1) is 0 Å². The monoisotopic (exact) mass is 304 g/mol. The standard InChI is InChI=1S/C16H17BrO/c1-18-16-4-2-3-14(11-16)8-5-13-6-9-15(12-17)10-7-13/h2-4,6-7,9-11H,5,8,12H2,1H3. The van der Waals surface area contributed by atoms with E-state index < -0.39 is 0 Å². The van der Waals surface area contributed by atoms with Crippen LogP contribution in [-0.2, 0) is 18.2 Å². The summed E-state index contributed by atoms with van der Waals surface area (Å²) in [5, 5.41) is 0.920. The molecule has 0 bridgehead atoms. The third-order valence-corrected chi connectivity index (χ3v) is 3.66. The summed E-state index contributed by atoms with van der Waals surface area (Å²) in [5.74, 6) is 0.933. The number of methoxy groups -OCH3 is 1. The fraction of sp³-hybridized carbons (Fsp3) is 0.250. The zero-order chi connectivity index (χ0) is 12.8. The maximum Gasteiger partial charge on any atom is 0.119 e. The maximum absolute atomic E-state index is 5.23. The largest absolute Gasteiger partial charge is 0.497 e. The van der Waals surface area contributed by atoms with Crippen LogP contribution in [0.15, 0.2) is 48.5 Å². The Bertz CT molecular complexity index is 491. The van der Waals surface area contributed by atoms with Crippen molar-refractivity contribution in [3.63, 3.8) is 0 Å². The van der Waals surface area contributed by atoms with Gasteiger partial charge in [0.15, 0.2) is 0 Å². The molecule has 0 saturated carbocycles. The van der Waals surface area contributed by atoms with Crippen LogP contribution in [-0.4, -0.2) is 7.11 Å². The van der Waals surface area contributed by atoms with Gasteiger partial charge in [-0.15, -0.1) is 0 Å². The highest BCUT2D eigenvalue weighted by Gasteiger charge is 1.98. The minimum Gasteiger partial charge on any atom is -0.497 e. The molecule has 0 saturated heterocycles. The second-order valence-electron chi connectivity index (χ2n) is 4.30. The molecule has 0 aliphatic heterocycles. The van der Waals surface area contributed by atoms with E-state index in [1.165, 1.54) is 16.7 Å². The van der Waals surface area contributed by atoms with Crippen LogP contribution in [0.5, 0.6) is 5.75 Å². The van der Waals surface area contributed by atoms with E-state index in [0.717, 1.165) is 23.9 Å². The molecule has 0 fully saturated rings. The molecule has 0 amide bonds. The summed E-state index contributed by atoms with van der Waals surface area (Å²) < 4.78 is 5.23. The molecule has 0 atom stereocenters. The third kappa shape index (κ3) is 3.61. The Morgan fingerprint density at radius 1 is 0.889 bits per heavy atom. The summed E-state index contributed by atoms with van der Waals surface area (Å²) in [7, 11) is 1.71. The van der Waals surface area contributed by atoms with Crippen molar-refractivity contribution in [3.05, 3.63) is 65.2 Å².